The van der Waals surface area contributed by atoms with Gasteiger partial charge in [-0.15, -0.1) is 0 Å². The highest BCUT2D eigenvalue weighted by molar-refractivity contribution is 9.10. The van der Waals surface area contributed by atoms with Crippen LogP contribution >= 0.6 is 15.9 Å². The summed E-state index contributed by atoms with van der Waals surface area (Å²) in [5.74, 6) is 0.774. The van der Waals surface area contributed by atoms with Gasteiger partial charge in [-0.2, -0.15) is 0 Å². The van der Waals surface area contributed by atoms with Crippen LogP contribution in [-0.4, -0.2) is 6.04 Å². The molecule has 0 aliphatic heterocycles. The van der Waals surface area contributed by atoms with E-state index in [0.29, 0.717) is 11.5 Å². The minimum absolute atomic E-state index is 0.533. The third-order valence-electron chi connectivity index (χ3n) is 4.21. The fourth-order valence-electron chi connectivity index (χ4n) is 3.13. The van der Waals surface area contributed by atoms with E-state index in [4.69, 9.17) is 0 Å². The Morgan fingerprint density at radius 3 is 2.72 bits per heavy atom. The van der Waals surface area contributed by atoms with Gasteiger partial charge in [0.15, 0.2) is 0 Å². The van der Waals surface area contributed by atoms with Crippen LogP contribution in [0.2, 0.25) is 0 Å². The van der Waals surface area contributed by atoms with Crippen LogP contribution in [0.5, 0.6) is 0 Å². The zero-order valence-corrected chi connectivity index (χ0v) is 13.3. The molecular formula is C16H24BrN. The molecule has 2 atom stereocenters. The average molecular weight is 310 g/mol. The van der Waals surface area contributed by atoms with E-state index in [9.17, 15) is 0 Å². The highest BCUT2D eigenvalue weighted by atomic mass is 79.9. The maximum Gasteiger partial charge on any atom is 0.0220 e. The second-order valence-corrected chi connectivity index (χ2v) is 7.32. The van der Waals surface area contributed by atoms with Gasteiger partial charge >= 0.3 is 0 Å². The Balaban J connectivity index is 1.90. The van der Waals surface area contributed by atoms with Gasteiger partial charge in [0.05, 0.1) is 0 Å². The van der Waals surface area contributed by atoms with E-state index in [2.05, 4.69) is 66.3 Å². The quantitative estimate of drug-likeness (QED) is 0.849. The standard InChI is InChI=1S/C16H24BrN/c1-12-10-16(2,3)9-8-15(12)18-11-13-6-4-5-7-14(13)17/h4-7,12,15,18H,8-11H2,1-3H3. The van der Waals surface area contributed by atoms with Crippen LogP contribution in [0.25, 0.3) is 0 Å². The van der Waals surface area contributed by atoms with Crippen molar-refractivity contribution in [2.75, 3.05) is 0 Å². The summed E-state index contributed by atoms with van der Waals surface area (Å²) in [5, 5.41) is 3.74. The number of hydrogen-bond acceptors (Lipinski definition) is 1. The predicted octanol–water partition coefficient (Wildman–Crippen LogP) is 4.75. The number of nitrogens with one attached hydrogen (secondary N) is 1. The second kappa shape index (κ2) is 5.75. The molecule has 2 rings (SSSR count). The molecule has 1 N–H and O–H groups in total. The summed E-state index contributed by atoms with van der Waals surface area (Å²) in [4.78, 5) is 0. The first kappa shape index (κ1) is 14.1. The Morgan fingerprint density at radius 2 is 2.06 bits per heavy atom. The summed E-state index contributed by atoms with van der Waals surface area (Å²) >= 11 is 3.61. The first-order valence-corrected chi connectivity index (χ1v) is 7.74. The molecule has 0 heterocycles. The smallest absolute Gasteiger partial charge is 0.0220 e. The predicted molar refractivity (Wildman–Crippen MR) is 81.6 cm³/mol. The Labute approximate surface area is 119 Å². The highest BCUT2D eigenvalue weighted by Gasteiger charge is 2.31. The van der Waals surface area contributed by atoms with Gasteiger partial charge in [-0.1, -0.05) is 54.9 Å². The lowest BCUT2D eigenvalue weighted by atomic mass is 9.70. The van der Waals surface area contributed by atoms with E-state index in [0.717, 1.165) is 12.5 Å². The van der Waals surface area contributed by atoms with Crippen molar-refractivity contribution in [1.82, 2.24) is 5.32 Å². The average Bonchev–Trinajstić information content (AvgIpc) is 2.29. The number of halogens is 1. The van der Waals surface area contributed by atoms with Crippen molar-refractivity contribution in [3.63, 3.8) is 0 Å². The number of benzene rings is 1. The summed E-state index contributed by atoms with van der Waals surface area (Å²) in [6.07, 6.45) is 3.98. The maximum atomic E-state index is 3.74. The molecule has 0 saturated heterocycles. The molecule has 0 radical (unpaired) electrons. The topological polar surface area (TPSA) is 12.0 Å². The monoisotopic (exact) mass is 309 g/mol. The van der Waals surface area contributed by atoms with Gasteiger partial charge in [0.2, 0.25) is 0 Å². The second-order valence-electron chi connectivity index (χ2n) is 6.46. The molecule has 0 amide bonds. The summed E-state index contributed by atoms with van der Waals surface area (Å²) in [7, 11) is 0. The molecule has 0 bridgehead atoms. The van der Waals surface area contributed by atoms with Crippen LogP contribution in [0, 0.1) is 11.3 Å². The molecule has 1 saturated carbocycles. The van der Waals surface area contributed by atoms with Crippen LogP contribution in [0.15, 0.2) is 28.7 Å². The van der Waals surface area contributed by atoms with Crippen LogP contribution in [0.1, 0.15) is 45.6 Å². The molecule has 18 heavy (non-hydrogen) atoms. The molecule has 2 unspecified atom stereocenters. The molecule has 1 nitrogen and oxygen atoms in total. The molecule has 1 aromatic carbocycles. The summed E-state index contributed by atoms with van der Waals surface area (Å²) in [6.45, 7) is 8.15. The Bertz CT molecular complexity index is 400. The fourth-order valence-corrected chi connectivity index (χ4v) is 3.56. The van der Waals surface area contributed by atoms with E-state index < -0.39 is 0 Å². The fraction of sp³-hybridized carbons (Fsp3) is 0.625. The lowest BCUT2D eigenvalue weighted by Gasteiger charge is -2.39. The molecule has 1 aliphatic rings. The van der Waals surface area contributed by atoms with Gasteiger partial charge in [0, 0.05) is 17.1 Å². The Kier molecular flexibility index (Phi) is 4.50. The Hall–Kier alpha value is -0.340. The van der Waals surface area contributed by atoms with Crippen molar-refractivity contribution in [3.05, 3.63) is 34.3 Å². The number of hydrogen-bond donors (Lipinski definition) is 1. The van der Waals surface area contributed by atoms with Crippen LogP contribution in [0.4, 0.5) is 0 Å². The third-order valence-corrected chi connectivity index (χ3v) is 4.98. The SMILES string of the molecule is CC1CC(C)(C)CCC1NCc1ccccc1Br. The van der Waals surface area contributed by atoms with Crippen LogP contribution in [0.3, 0.4) is 0 Å². The zero-order valence-electron chi connectivity index (χ0n) is 11.7. The van der Waals surface area contributed by atoms with Crippen molar-refractivity contribution in [2.45, 2.75) is 52.6 Å². The first-order valence-electron chi connectivity index (χ1n) is 6.95. The van der Waals surface area contributed by atoms with Gasteiger partial charge < -0.3 is 5.32 Å². The van der Waals surface area contributed by atoms with Crippen molar-refractivity contribution < 1.29 is 0 Å². The van der Waals surface area contributed by atoms with E-state index >= 15 is 0 Å². The lowest BCUT2D eigenvalue weighted by Crippen LogP contribution is -2.41. The molecule has 2 heteroatoms. The maximum absolute atomic E-state index is 3.74. The Morgan fingerprint density at radius 1 is 1.33 bits per heavy atom. The molecular weight excluding hydrogens is 286 g/mol. The lowest BCUT2D eigenvalue weighted by molar-refractivity contribution is 0.148. The van der Waals surface area contributed by atoms with E-state index in [-0.39, 0.29) is 0 Å². The molecule has 0 spiro atoms. The summed E-state index contributed by atoms with van der Waals surface area (Å²) in [5.41, 5.74) is 1.89. The molecule has 0 aromatic heterocycles. The van der Waals surface area contributed by atoms with Gasteiger partial charge in [-0.05, 0) is 42.2 Å². The molecule has 100 valence electrons. The largest absolute Gasteiger partial charge is 0.310 e. The zero-order chi connectivity index (χ0) is 13.2. The van der Waals surface area contributed by atoms with E-state index in [1.165, 1.54) is 29.3 Å². The van der Waals surface area contributed by atoms with Crippen molar-refractivity contribution >= 4 is 15.9 Å². The molecule has 1 aromatic rings. The normalized spacial score (nSPS) is 27.1. The van der Waals surface area contributed by atoms with Crippen LogP contribution in [-0.2, 0) is 6.54 Å². The van der Waals surface area contributed by atoms with Crippen molar-refractivity contribution in [2.24, 2.45) is 11.3 Å². The van der Waals surface area contributed by atoms with Crippen molar-refractivity contribution in [3.8, 4) is 0 Å². The summed E-state index contributed by atoms with van der Waals surface area (Å²) < 4.78 is 1.21. The van der Waals surface area contributed by atoms with Crippen molar-refractivity contribution in [1.29, 1.82) is 0 Å². The van der Waals surface area contributed by atoms with Gasteiger partial charge in [0.25, 0.3) is 0 Å². The number of rotatable bonds is 3. The minimum atomic E-state index is 0.533. The van der Waals surface area contributed by atoms with Gasteiger partial charge in [-0.25, -0.2) is 0 Å². The summed E-state index contributed by atoms with van der Waals surface area (Å²) in [6, 6.07) is 9.15. The van der Waals surface area contributed by atoms with E-state index in [1.807, 2.05) is 0 Å². The first-order chi connectivity index (χ1) is 8.48. The third kappa shape index (κ3) is 3.58. The van der Waals surface area contributed by atoms with Gasteiger partial charge in [-0.3, -0.25) is 0 Å². The van der Waals surface area contributed by atoms with Crippen LogP contribution < -0.4 is 5.32 Å². The van der Waals surface area contributed by atoms with E-state index in [1.54, 1.807) is 0 Å². The molecule has 1 aliphatic carbocycles. The van der Waals surface area contributed by atoms with Gasteiger partial charge in [0.1, 0.15) is 0 Å². The highest BCUT2D eigenvalue weighted by Crippen LogP contribution is 2.38. The minimum Gasteiger partial charge on any atom is -0.310 e. The molecule has 1 fully saturated rings.